The molecule has 164 valence electrons. The van der Waals surface area contributed by atoms with Gasteiger partial charge in [0.15, 0.2) is 0 Å². The molecule has 0 spiro atoms. The molecule has 2 aromatic rings. The molecule has 2 heterocycles. The number of piperazine rings is 1. The molecular formula is C21H26N6O4. The number of rotatable bonds is 8. The first kappa shape index (κ1) is 22.1. The second kappa shape index (κ2) is 10.5. The number of carbonyl (C=O) groups is 2. The molecule has 1 aliphatic rings. The fourth-order valence-electron chi connectivity index (χ4n) is 3.54. The fraction of sp³-hybridized carbons (Fsp3) is 0.429. The summed E-state index contributed by atoms with van der Waals surface area (Å²) in [6.07, 6.45) is 5.47. The predicted molar refractivity (Wildman–Crippen MR) is 115 cm³/mol. The molecule has 1 aromatic heterocycles. The summed E-state index contributed by atoms with van der Waals surface area (Å²) in [5.41, 5.74) is 1.24. The van der Waals surface area contributed by atoms with Gasteiger partial charge in [-0.15, -0.1) is 0 Å². The van der Waals surface area contributed by atoms with Gasteiger partial charge in [0, 0.05) is 75.9 Å². The summed E-state index contributed by atoms with van der Waals surface area (Å²) < 4.78 is 0. The van der Waals surface area contributed by atoms with Crippen LogP contribution in [0.3, 0.4) is 0 Å². The van der Waals surface area contributed by atoms with E-state index in [1.165, 1.54) is 30.7 Å². The maximum atomic E-state index is 12.7. The van der Waals surface area contributed by atoms with Gasteiger partial charge < -0.3 is 14.7 Å². The van der Waals surface area contributed by atoms with Crippen molar-refractivity contribution in [3.05, 3.63) is 58.7 Å². The molecule has 10 heteroatoms. The Morgan fingerprint density at radius 1 is 1.10 bits per heavy atom. The van der Waals surface area contributed by atoms with E-state index in [-0.39, 0.29) is 29.6 Å². The summed E-state index contributed by atoms with van der Waals surface area (Å²) in [4.78, 5) is 49.3. The molecule has 0 aliphatic carbocycles. The summed E-state index contributed by atoms with van der Waals surface area (Å²) in [7, 11) is 0. The van der Waals surface area contributed by atoms with Crippen LogP contribution >= 0.6 is 0 Å². The molecule has 2 amide bonds. The first-order valence-electron chi connectivity index (χ1n) is 10.3. The number of carbonyl (C=O) groups excluding carboxylic acids is 2. The van der Waals surface area contributed by atoms with Crippen molar-refractivity contribution in [3.63, 3.8) is 0 Å². The fourth-order valence-corrected chi connectivity index (χ4v) is 3.54. The number of non-ortho nitro benzene ring substituents is 1. The van der Waals surface area contributed by atoms with Gasteiger partial charge in [-0.2, -0.15) is 0 Å². The highest BCUT2D eigenvalue weighted by molar-refractivity contribution is 5.92. The van der Waals surface area contributed by atoms with Crippen molar-refractivity contribution in [2.75, 3.05) is 44.2 Å². The second-order valence-electron chi connectivity index (χ2n) is 7.27. The maximum Gasteiger partial charge on any atom is 0.274 e. The molecule has 0 saturated carbocycles. The number of nitro groups is 1. The van der Waals surface area contributed by atoms with Gasteiger partial charge in [0.05, 0.1) is 11.1 Å². The number of anilines is 1. The molecule has 0 radical (unpaired) electrons. The van der Waals surface area contributed by atoms with Crippen LogP contribution in [-0.4, -0.2) is 75.8 Å². The van der Waals surface area contributed by atoms with Gasteiger partial charge in [-0.3, -0.25) is 24.7 Å². The average molecular weight is 426 g/mol. The summed E-state index contributed by atoms with van der Waals surface area (Å²) >= 11 is 0. The van der Waals surface area contributed by atoms with Crippen LogP contribution < -0.4 is 4.90 Å². The van der Waals surface area contributed by atoms with E-state index in [1.807, 2.05) is 6.92 Å². The first-order chi connectivity index (χ1) is 15.0. The normalized spacial score (nSPS) is 13.7. The van der Waals surface area contributed by atoms with Crippen molar-refractivity contribution in [2.45, 2.75) is 19.8 Å². The van der Waals surface area contributed by atoms with Crippen LogP contribution in [0, 0.1) is 10.1 Å². The Bertz CT molecular complexity index is 898. The summed E-state index contributed by atoms with van der Waals surface area (Å²) in [5.74, 6) is -0.206. The molecule has 0 bridgehead atoms. The molecule has 0 atom stereocenters. The van der Waals surface area contributed by atoms with Gasteiger partial charge in [0.2, 0.25) is 5.91 Å². The van der Waals surface area contributed by atoms with Crippen molar-refractivity contribution in [1.29, 1.82) is 0 Å². The largest absolute Gasteiger partial charge is 0.368 e. The summed E-state index contributed by atoms with van der Waals surface area (Å²) in [5, 5.41) is 10.8. The lowest BCUT2D eigenvalue weighted by Gasteiger charge is -2.36. The maximum absolute atomic E-state index is 12.7. The van der Waals surface area contributed by atoms with Gasteiger partial charge in [-0.05, 0) is 18.6 Å². The molecular weight excluding hydrogens is 400 g/mol. The minimum absolute atomic E-state index is 0.0106. The van der Waals surface area contributed by atoms with E-state index in [2.05, 4.69) is 14.9 Å². The van der Waals surface area contributed by atoms with Crippen molar-refractivity contribution < 1.29 is 14.5 Å². The van der Waals surface area contributed by atoms with Gasteiger partial charge in [-0.1, -0.05) is 6.92 Å². The summed E-state index contributed by atoms with van der Waals surface area (Å²) in [6.45, 7) is 5.32. The molecule has 31 heavy (non-hydrogen) atoms. The third-order valence-corrected chi connectivity index (χ3v) is 5.22. The van der Waals surface area contributed by atoms with E-state index in [0.29, 0.717) is 39.3 Å². The van der Waals surface area contributed by atoms with E-state index in [1.54, 1.807) is 21.9 Å². The first-order valence-corrected chi connectivity index (χ1v) is 10.3. The van der Waals surface area contributed by atoms with Crippen LogP contribution in [0.1, 0.15) is 30.3 Å². The molecule has 1 aromatic carbocycles. The van der Waals surface area contributed by atoms with Crippen molar-refractivity contribution in [3.8, 4) is 0 Å². The number of nitro benzene ring substituents is 1. The molecule has 1 aliphatic heterocycles. The standard InChI is InChI=1S/C21H26N6O4/c1-2-10-26(21(29)19-16-22-8-9-23-19)11-7-20(28)25-14-12-24(13-15-25)17-3-5-18(6-4-17)27(30)31/h3-6,8-9,16H,2,7,10-15H2,1H3. The lowest BCUT2D eigenvalue weighted by atomic mass is 10.2. The Kier molecular flexibility index (Phi) is 7.47. The van der Waals surface area contributed by atoms with E-state index in [4.69, 9.17) is 0 Å². The second-order valence-corrected chi connectivity index (χ2v) is 7.27. The molecule has 1 saturated heterocycles. The quantitative estimate of drug-likeness (QED) is 0.468. The van der Waals surface area contributed by atoms with E-state index < -0.39 is 4.92 Å². The highest BCUT2D eigenvalue weighted by Crippen LogP contribution is 2.20. The zero-order valence-corrected chi connectivity index (χ0v) is 17.5. The number of hydrogen-bond donors (Lipinski definition) is 0. The molecule has 0 N–H and O–H groups in total. The minimum Gasteiger partial charge on any atom is -0.368 e. The summed E-state index contributed by atoms with van der Waals surface area (Å²) in [6, 6.07) is 6.44. The molecule has 0 unspecified atom stereocenters. The molecule has 10 nitrogen and oxygen atoms in total. The Morgan fingerprint density at radius 2 is 1.81 bits per heavy atom. The average Bonchev–Trinajstić information content (AvgIpc) is 2.82. The van der Waals surface area contributed by atoms with Gasteiger partial charge in [0.25, 0.3) is 11.6 Å². The van der Waals surface area contributed by atoms with Crippen LogP contribution in [-0.2, 0) is 4.79 Å². The van der Waals surface area contributed by atoms with Crippen LogP contribution in [0.15, 0.2) is 42.9 Å². The van der Waals surface area contributed by atoms with Crippen LogP contribution in [0.25, 0.3) is 0 Å². The Morgan fingerprint density at radius 3 is 2.39 bits per heavy atom. The van der Waals surface area contributed by atoms with Crippen LogP contribution in [0.4, 0.5) is 11.4 Å². The lowest BCUT2D eigenvalue weighted by Crippen LogP contribution is -2.49. The van der Waals surface area contributed by atoms with E-state index in [9.17, 15) is 19.7 Å². The van der Waals surface area contributed by atoms with E-state index >= 15 is 0 Å². The Balaban J connectivity index is 1.50. The molecule has 3 rings (SSSR count). The Hall–Kier alpha value is -3.56. The number of amides is 2. The Labute approximate surface area is 180 Å². The number of nitrogens with zero attached hydrogens (tertiary/aromatic N) is 6. The highest BCUT2D eigenvalue weighted by atomic mass is 16.6. The van der Waals surface area contributed by atoms with Gasteiger partial charge in [-0.25, -0.2) is 4.98 Å². The predicted octanol–water partition coefficient (Wildman–Crippen LogP) is 1.98. The minimum atomic E-state index is -0.419. The van der Waals surface area contributed by atoms with Gasteiger partial charge in [0.1, 0.15) is 5.69 Å². The number of hydrogen-bond acceptors (Lipinski definition) is 7. The smallest absolute Gasteiger partial charge is 0.274 e. The van der Waals surface area contributed by atoms with E-state index in [0.717, 1.165) is 12.1 Å². The number of aromatic nitrogens is 2. The monoisotopic (exact) mass is 426 g/mol. The third kappa shape index (κ3) is 5.74. The number of benzene rings is 1. The molecule has 1 fully saturated rings. The zero-order valence-electron chi connectivity index (χ0n) is 17.5. The van der Waals surface area contributed by atoms with Gasteiger partial charge >= 0.3 is 0 Å². The SMILES string of the molecule is CCCN(CCC(=O)N1CCN(c2ccc([N+](=O)[O-])cc2)CC1)C(=O)c1cnccn1. The highest BCUT2D eigenvalue weighted by Gasteiger charge is 2.23. The van der Waals surface area contributed by atoms with Crippen LogP contribution in [0.5, 0.6) is 0 Å². The van der Waals surface area contributed by atoms with Crippen molar-refractivity contribution in [2.24, 2.45) is 0 Å². The van der Waals surface area contributed by atoms with Crippen molar-refractivity contribution >= 4 is 23.2 Å². The topological polar surface area (TPSA) is 113 Å². The lowest BCUT2D eigenvalue weighted by molar-refractivity contribution is -0.384. The van der Waals surface area contributed by atoms with Crippen molar-refractivity contribution in [1.82, 2.24) is 19.8 Å². The van der Waals surface area contributed by atoms with Crippen LogP contribution in [0.2, 0.25) is 0 Å². The zero-order chi connectivity index (χ0) is 22.2. The third-order valence-electron chi connectivity index (χ3n) is 5.22.